The monoisotopic (exact) mass is 280 g/mol. The Morgan fingerprint density at radius 3 is 2.83 bits per heavy atom. The smallest absolute Gasteiger partial charge is 0.0595 e. The maximum atomic E-state index is 6.17. The first kappa shape index (κ1) is 11.6. The summed E-state index contributed by atoms with van der Waals surface area (Å²) < 4.78 is 0. The molecule has 3 fully saturated rings. The third-order valence-electron chi connectivity index (χ3n) is 5.09. The van der Waals surface area contributed by atoms with Crippen molar-refractivity contribution in [2.75, 3.05) is 6.54 Å². The Morgan fingerprint density at radius 1 is 1.11 bits per heavy atom. The van der Waals surface area contributed by atoms with E-state index in [-0.39, 0.29) is 0 Å². The highest BCUT2D eigenvalue weighted by Gasteiger charge is 2.51. The van der Waals surface area contributed by atoms with Gasteiger partial charge in [-0.25, -0.2) is 0 Å². The van der Waals surface area contributed by atoms with Crippen LogP contribution in [0, 0.1) is 12.3 Å². The number of piperidine rings is 1. The second kappa shape index (κ2) is 4.13. The van der Waals surface area contributed by atoms with Crippen LogP contribution in [-0.4, -0.2) is 23.5 Å². The molecule has 3 aliphatic heterocycles. The summed E-state index contributed by atoms with van der Waals surface area (Å²) in [7, 11) is 0. The highest BCUT2D eigenvalue weighted by Crippen LogP contribution is 2.52. The summed E-state index contributed by atoms with van der Waals surface area (Å²) in [5.74, 6) is 1.37. The van der Waals surface area contributed by atoms with Gasteiger partial charge in [-0.15, -0.1) is 0 Å². The van der Waals surface area contributed by atoms with E-state index in [1.807, 2.05) is 6.07 Å². The van der Waals surface area contributed by atoms with Gasteiger partial charge in [0.1, 0.15) is 0 Å². The van der Waals surface area contributed by atoms with Gasteiger partial charge in [0.15, 0.2) is 0 Å². The maximum Gasteiger partial charge on any atom is 0.0595 e. The summed E-state index contributed by atoms with van der Waals surface area (Å²) >= 11 is 12.2. The van der Waals surface area contributed by atoms with Crippen molar-refractivity contribution in [3.05, 3.63) is 40.2 Å². The molecule has 18 heavy (non-hydrogen) atoms. The molecule has 3 heterocycles. The number of rotatable bonds is 1. The first-order valence-corrected chi connectivity index (χ1v) is 7.53. The molecule has 1 aromatic carbocycles. The van der Waals surface area contributed by atoms with Gasteiger partial charge in [-0.1, -0.05) is 29.3 Å². The zero-order chi connectivity index (χ0) is 12.3. The molecule has 3 aliphatic rings. The summed E-state index contributed by atoms with van der Waals surface area (Å²) in [4.78, 5) is 2.71. The standard InChI is InChI=1S/C15H16Cl2N/c16-13-3-1-9(7-14(13)17)12-8-10-2-4-15-11(12)5-6-18(10)15/h1,3,5,7,10-12,15H,2,4,6,8H2/t10-,11-,12+,15+/m0/s1. The van der Waals surface area contributed by atoms with Crippen LogP contribution in [0.4, 0.5) is 0 Å². The Bertz CT molecular complexity index is 487. The van der Waals surface area contributed by atoms with E-state index in [0.29, 0.717) is 16.0 Å². The second-order valence-corrected chi connectivity index (χ2v) is 6.64. The average molecular weight is 281 g/mol. The molecule has 1 aromatic rings. The van der Waals surface area contributed by atoms with Crippen LogP contribution in [0.15, 0.2) is 18.2 Å². The van der Waals surface area contributed by atoms with Crippen LogP contribution in [0.1, 0.15) is 30.7 Å². The van der Waals surface area contributed by atoms with Crippen molar-refractivity contribution in [2.24, 2.45) is 5.92 Å². The van der Waals surface area contributed by atoms with E-state index in [2.05, 4.69) is 23.5 Å². The fourth-order valence-electron chi connectivity index (χ4n) is 4.30. The van der Waals surface area contributed by atoms with E-state index in [1.165, 1.54) is 31.4 Å². The number of benzene rings is 1. The Hall–Kier alpha value is -0.240. The lowest BCUT2D eigenvalue weighted by Crippen LogP contribution is -2.40. The highest BCUT2D eigenvalue weighted by molar-refractivity contribution is 6.42. The van der Waals surface area contributed by atoms with E-state index < -0.39 is 0 Å². The lowest BCUT2D eigenvalue weighted by atomic mass is 9.78. The minimum Gasteiger partial charge on any atom is -0.297 e. The SMILES string of the molecule is Clc1ccc([C@H]2C[C@@H]3CC[C@@H]4[C@H]2[CH]CN34)cc1Cl. The number of hydrogen-bond acceptors (Lipinski definition) is 1. The molecule has 1 unspecified atom stereocenters. The number of hydrogen-bond donors (Lipinski definition) is 0. The number of halogens is 2. The molecule has 4 bridgehead atoms. The van der Waals surface area contributed by atoms with Crippen molar-refractivity contribution >= 4 is 23.2 Å². The molecule has 4 rings (SSSR count). The summed E-state index contributed by atoms with van der Waals surface area (Å²) in [6, 6.07) is 7.78. The average Bonchev–Trinajstić information content (AvgIpc) is 2.82. The molecule has 0 aromatic heterocycles. The van der Waals surface area contributed by atoms with Crippen molar-refractivity contribution < 1.29 is 0 Å². The molecule has 0 N–H and O–H groups in total. The minimum absolute atomic E-state index is 0.649. The van der Waals surface area contributed by atoms with Crippen molar-refractivity contribution in [3.8, 4) is 0 Å². The van der Waals surface area contributed by atoms with Crippen LogP contribution >= 0.6 is 23.2 Å². The van der Waals surface area contributed by atoms with E-state index >= 15 is 0 Å². The zero-order valence-corrected chi connectivity index (χ0v) is 11.7. The van der Waals surface area contributed by atoms with Crippen molar-refractivity contribution in [3.63, 3.8) is 0 Å². The van der Waals surface area contributed by atoms with Gasteiger partial charge in [-0.05, 0) is 55.2 Å². The first-order chi connectivity index (χ1) is 8.74. The Kier molecular flexibility index (Phi) is 2.65. The van der Waals surface area contributed by atoms with E-state index in [1.54, 1.807) is 0 Å². The second-order valence-electron chi connectivity index (χ2n) is 5.82. The third kappa shape index (κ3) is 1.57. The predicted molar refractivity (Wildman–Crippen MR) is 75.1 cm³/mol. The Balaban J connectivity index is 1.70. The summed E-state index contributed by atoms with van der Waals surface area (Å²) in [5.41, 5.74) is 1.38. The molecule has 3 heteroatoms. The summed E-state index contributed by atoms with van der Waals surface area (Å²) in [6.45, 7) is 1.19. The topological polar surface area (TPSA) is 3.24 Å². The molecule has 1 radical (unpaired) electrons. The fraction of sp³-hybridized carbons (Fsp3) is 0.533. The van der Waals surface area contributed by atoms with Gasteiger partial charge >= 0.3 is 0 Å². The highest BCUT2D eigenvalue weighted by atomic mass is 35.5. The molecule has 95 valence electrons. The van der Waals surface area contributed by atoms with E-state index in [9.17, 15) is 0 Å². The van der Waals surface area contributed by atoms with Crippen molar-refractivity contribution in [1.29, 1.82) is 0 Å². The van der Waals surface area contributed by atoms with Crippen molar-refractivity contribution in [1.82, 2.24) is 4.90 Å². The Labute approximate surface area is 118 Å². The minimum atomic E-state index is 0.649. The normalized spacial score (nSPS) is 41.3. The van der Waals surface area contributed by atoms with E-state index in [4.69, 9.17) is 23.2 Å². The molecule has 0 spiro atoms. The van der Waals surface area contributed by atoms with Crippen LogP contribution in [-0.2, 0) is 0 Å². The first-order valence-electron chi connectivity index (χ1n) is 6.78. The molecule has 0 aliphatic carbocycles. The Morgan fingerprint density at radius 2 is 2.00 bits per heavy atom. The lowest BCUT2D eigenvalue weighted by molar-refractivity contribution is 0.154. The molecule has 3 saturated heterocycles. The van der Waals surface area contributed by atoms with Crippen molar-refractivity contribution in [2.45, 2.75) is 37.3 Å². The van der Waals surface area contributed by atoms with Gasteiger partial charge in [0, 0.05) is 18.6 Å². The molecule has 0 amide bonds. The number of nitrogens with zero attached hydrogens (tertiary/aromatic N) is 1. The van der Waals surface area contributed by atoms with Gasteiger partial charge in [0.25, 0.3) is 0 Å². The third-order valence-corrected chi connectivity index (χ3v) is 5.82. The van der Waals surface area contributed by atoms with Gasteiger partial charge < -0.3 is 0 Å². The van der Waals surface area contributed by atoms with Crippen LogP contribution < -0.4 is 0 Å². The van der Waals surface area contributed by atoms with Crippen LogP contribution in [0.3, 0.4) is 0 Å². The predicted octanol–water partition coefficient (Wildman–Crippen LogP) is 4.15. The molecule has 5 atom stereocenters. The largest absolute Gasteiger partial charge is 0.297 e. The van der Waals surface area contributed by atoms with E-state index in [0.717, 1.165) is 18.0 Å². The van der Waals surface area contributed by atoms with Gasteiger partial charge in [-0.3, -0.25) is 4.90 Å². The summed E-state index contributed by atoms with van der Waals surface area (Å²) in [6.07, 6.45) is 6.57. The zero-order valence-electron chi connectivity index (χ0n) is 10.2. The lowest BCUT2D eigenvalue weighted by Gasteiger charge is -2.37. The molecular formula is C15H16Cl2N. The van der Waals surface area contributed by atoms with Crippen LogP contribution in [0.2, 0.25) is 10.0 Å². The van der Waals surface area contributed by atoms with Crippen LogP contribution in [0.25, 0.3) is 0 Å². The summed E-state index contributed by atoms with van der Waals surface area (Å²) in [5, 5.41) is 1.36. The molecule has 1 nitrogen and oxygen atoms in total. The molecule has 0 saturated carbocycles. The fourth-order valence-corrected chi connectivity index (χ4v) is 4.61. The molecular weight excluding hydrogens is 265 g/mol. The van der Waals surface area contributed by atoms with Gasteiger partial charge in [0.05, 0.1) is 10.0 Å². The quantitative estimate of drug-likeness (QED) is 0.747. The van der Waals surface area contributed by atoms with Gasteiger partial charge in [-0.2, -0.15) is 0 Å². The van der Waals surface area contributed by atoms with Crippen LogP contribution in [0.5, 0.6) is 0 Å². The van der Waals surface area contributed by atoms with Gasteiger partial charge in [0.2, 0.25) is 0 Å². The maximum absolute atomic E-state index is 6.17.